The molecule has 0 unspecified atom stereocenters. The number of para-hydroxylation sites is 1. The van der Waals surface area contributed by atoms with Gasteiger partial charge in [-0.3, -0.25) is 9.36 Å². The van der Waals surface area contributed by atoms with Crippen molar-refractivity contribution in [3.8, 4) is 11.4 Å². The Labute approximate surface area is 151 Å². The molecule has 2 heterocycles. The smallest absolute Gasteiger partial charge is 0.431 e. The Morgan fingerprint density at radius 3 is 2.41 bits per heavy atom. The molecule has 0 saturated heterocycles. The first-order valence-electron chi connectivity index (χ1n) is 8.05. The number of nitrogens with zero attached hydrogens (tertiary/aromatic N) is 2. The Bertz CT molecular complexity index is 1220. The zero-order valence-electron chi connectivity index (χ0n) is 14.1. The average Bonchev–Trinajstić information content (AvgIpc) is 2.66. The van der Waals surface area contributed by atoms with Gasteiger partial charge in [-0.15, -0.1) is 0 Å². The Morgan fingerprint density at radius 2 is 1.74 bits per heavy atom. The normalized spacial score (nSPS) is 11.9. The van der Waals surface area contributed by atoms with Crippen LogP contribution in [0, 0.1) is 0 Å². The highest BCUT2D eigenvalue weighted by atomic mass is 19.4. The van der Waals surface area contributed by atoms with E-state index in [0.717, 1.165) is 4.57 Å². The van der Waals surface area contributed by atoms with E-state index >= 15 is 0 Å². The highest BCUT2D eigenvalue weighted by Gasteiger charge is 2.36. The average molecular weight is 370 g/mol. The Balaban J connectivity index is 2.18. The fraction of sp³-hybridized carbons (Fsp3) is 0.100. The van der Waals surface area contributed by atoms with Crippen molar-refractivity contribution >= 4 is 21.9 Å². The molecule has 7 heteroatoms. The second-order valence-electron chi connectivity index (χ2n) is 5.98. The van der Waals surface area contributed by atoms with Crippen molar-refractivity contribution in [2.75, 3.05) is 7.11 Å². The summed E-state index contributed by atoms with van der Waals surface area (Å²) < 4.78 is 47.1. The molecule has 0 atom stereocenters. The van der Waals surface area contributed by atoms with Gasteiger partial charge in [0, 0.05) is 17.1 Å². The summed E-state index contributed by atoms with van der Waals surface area (Å²) in [6.07, 6.45) is -4.71. The van der Waals surface area contributed by atoms with Crippen molar-refractivity contribution in [2.45, 2.75) is 6.18 Å². The molecule has 2 aromatic carbocycles. The third-order valence-corrected chi connectivity index (χ3v) is 4.29. The number of pyridine rings is 2. The standard InChI is InChI=1S/C20H13F3N2O2/c1-27-14-7-8-16-12(9-14)10-15-17(26)11-18(20(21,22)23)25(19(15)24-16)13-5-3-2-4-6-13/h2-11H,1H3. The second-order valence-corrected chi connectivity index (χ2v) is 5.98. The predicted octanol–water partition coefficient (Wildman–Crippen LogP) is 4.57. The molecular weight excluding hydrogens is 357 g/mol. The number of methoxy groups -OCH3 is 1. The summed E-state index contributed by atoms with van der Waals surface area (Å²) in [4.78, 5) is 16.8. The fourth-order valence-corrected chi connectivity index (χ4v) is 3.05. The fourth-order valence-electron chi connectivity index (χ4n) is 3.05. The molecule has 0 aliphatic rings. The molecule has 4 nitrogen and oxygen atoms in total. The third-order valence-electron chi connectivity index (χ3n) is 4.29. The first-order chi connectivity index (χ1) is 12.9. The number of benzene rings is 2. The van der Waals surface area contributed by atoms with E-state index in [1.807, 2.05) is 0 Å². The summed E-state index contributed by atoms with van der Waals surface area (Å²) in [5.41, 5.74) is -1.10. The van der Waals surface area contributed by atoms with E-state index in [4.69, 9.17) is 4.74 Å². The van der Waals surface area contributed by atoms with Gasteiger partial charge in [-0.1, -0.05) is 18.2 Å². The first kappa shape index (κ1) is 17.1. The molecule has 0 radical (unpaired) electrons. The molecule has 0 N–H and O–H groups in total. The summed E-state index contributed by atoms with van der Waals surface area (Å²) in [6.45, 7) is 0. The third kappa shape index (κ3) is 2.91. The maximum Gasteiger partial charge on any atom is 0.431 e. The van der Waals surface area contributed by atoms with Gasteiger partial charge in [0.05, 0.1) is 18.0 Å². The number of aromatic nitrogens is 2. The molecular formula is C20H13F3N2O2. The molecule has 0 aliphatic carbocycles. The molecule has 0 amide bonds. The van der Waals surface area contributed by atoms with Crippen LogP contribution >= 0.6 is 0 Å². The van der Waals surface area contributed by atoms with Crippen molar-refractivity contribution in [2.24, 2.45) is 0 Å². The zero-order valence-corrected chi connectivity index (χ0v) is 14.1. The number of alkyl halides is 3. The molecule has 0 bridgehead atoms. The quantitative estimate of drug-likeness (QED) is 0.486. The number of hydrogen-bond acceptors (Lipinski definition) is 3. The topological polar surface area (TPSA) is 44.1 Å². The van der Waals surface area contributed by atoms with Crippen molar-refractivity contribution in [1.82, 2.24) is 9.55 Å². The Hall–Kier alpha value is -3.35. The van der Waals surface area contributed by atoms with Gasteiger partial charge in [0.25, 0.3) is 0 Å². The monoisotopic (exact) mass is 370 g/mol. The van der Waals surface area contributed by atoms with Crippen LogP contribution < -0.4 is 10.2 Å². The lowest BCUT2D eigenvalue weighted by Crippen LogP contribution is -2.21. The van der Waals surface area contributed by atoms with Crippen LogP contribution in [-0.4, -0.2) is 16.7 Å². The minimum absolute atomic E-state index is 0.0429. The van der Waals surface area contributed by atoms with Crippen LogP contribution in [0.4, 0.5) is 13.2 Å². The van der Waals surface area contributed by atoms with Crippen molar-refractivity contribution in [3.63, 3.8) is 0 Å². The number of halogens is 3. The number of fused-ring (bicyclic) bond motifs is 2. The summed E-state index contributed by atoms with van der Waals surface area (Å²) in [5, 5.41) is 0.714. The minimum atomic E-state index is -4.71. The largest absolute Gasteiger partial charge is 0.497 e. The van der Waals surface area contributed by atoms with Crippen LogP contribution in [0.25, 0.3) is 27.6 Å². The number of hydrogen-bond donors (Lipinski definition) is 0. The van der Waals surface area contributed by atoms with Gasteiger partial charge >= 0.3 is 6.18 Å². The van der Waals surface area contributed by atoms with Crippen LogP contribution in [0.2, 0.25) is 0 Å². The lowest BCUT2D eigenvalue weighted by molar-refractivity contribution is -0.142. The van der Waals surface area contributed by atoms with Crippen molar-refractivity contribution in [1.29, 1.82) is 0 Å². The summed E-state index contributed by atoms with van der Waals surface area (Å²) in [6, 6.07) is 15.2. The molecule has 0 aliphatic heterocycles. The maximum atomic E-state index is 13.7. The van der Waals surface area contributed by atoms with Gasteiger partial charge in [0.15, 0.2) is 5.43 Å². The van der Waals surface area contributed by atoms with E-state index in [0.29, 0.717) is 22.7 Å². The number of ether oxygens (including phenoxy) is 1. The van der Waals surface area contributed by atoms with Crippen LogP contribution in [-0.2, 0) is 6.18 Å². The SMILES string of the molecule is COc1ccc2nc3c(cc2c1)c(=O)cc(C(F)(F)F)n3-c1ccccc1. The van der Waals surface area contributed by atoms with E-state index in [1.54, 1.807) is 54.6 Å². The predicted molar refractivity (Wildman–Crippen MR) is 96.4 cm³/mol. The zero-order chi connectivity index (χ0) is 19.2. The molecule has 27 heavy (non-hydrogen) atoms. The van der Waals surface area contributed by atoms with E-state index in [9.17, 15) is 18.0 Å². The van der Waals surface area contributed by atoms with E-state index in [-0.39, 0.29) is 16.7 Å². The molecule has 4 aromatic rings. The minimum Gasteiger partial charge on any atom is -0.497 e. The van der Waals surface area contributed by atoms with E-state index in [1.165, 1.54) is 7.11 Å². The van der Waals surface area contributed by atoms with E-state index in [2.05, 4.69) is 4.98 Å². The maximum absolute atomic E-state index is 13.7. The molecule has 2 aromatic heterocycles. The van der Waals surface area contributed by atoms with Gasteiger partial charge < -0.3 is 4.74 Å². The van der Waals surface area contributed by atoms with Crippen LogP contribution in [0.3, 0.4) is 0 Å². The van der Waals surface area contributed by atoms with Gasteiger partial charge in [-0.05, 0) is 36.4 Å². The van der Waals surface area contributed by atoms with Gasteiger partial charge in [0.2, 0.25) is 0 Å². The second kappa shape index (κ2) is 6.12. The van der Waals surface area contributed by atoms with Crippen molar-refractivity contribution < 1.29 is 17.9 Å². The lowest BCUT2D eigenvalue weighted by Gasteiger charge is -2.18. The highest BCUT2D eigenvalue weighted by molar-refractivity contribution is 5.92. The van der Waals surface area contributed by atoms with E-state index < -0.39 is 17.3 Å². The molecule has 4 rings (SSSR count). The summed E-state index contributed by atoms with van der Waals surface area (Å²) in [5.74, 6) is 0.568. The highest BCUT2D eigenvalue weighted by Crippen LogP contribution is 2.33. The van der Waals surface area contributed by atoms with Crippen LogP contribution in [0.5, 0.6) is 5.75 Å². The van der Waals surface area contributed by atoms with Gasteiger partial charge in [-0.2, -0.15) is 13.2 Å². The molecule has 136 valence electrons. The molecule has 0 spiro atoms. The Morgan fingerprint density at radius 1 is 1.00 bits per heavy atom. The summed E-state index contributed by atoms with van der Waals surface area (Å²) >= 11 is 0. The lowest BCUT2D eigenvalue weighted by atomic mass is 10.1. The summed E-state index contributed by atoms with van der Waals surface area (Å²) in [7, 11) is 1.51. The molecule has 0 fully saturated rings. The number of rotatable bonds is 2. The Kier molecular flexibility index (Phi) is 3.87. The van der Waals surface area contributed by atoms with Crippen LogP contribution in [0.1, 0.15) is 5.69 Å². The van der Waals surface area contributed by atoms with Gasteiger partial charge in [0.1, 0.15) is 17.1 Å². The first-order valence-corrected chi connectivity index (χ1v) is 8.05. The van der Waals surface area contributed by atoms with Crippen molar-refractivity contribution in [3.05, 3.63) is 76.6 Å². The van der Waals surface area contributed by atoms with Crippen LogP contribution in [0.15, 0.2) is 65.5 Å². The van der Waals surface area contributed by atoms with Gasteiger partial charge in [-0.25, -0.2) is 4.98 Å². The molecule has 0 saturated carbocycles.